The molecule has 0 spiro atoms. The topological polar surface area (TPSA) is 3.24 Å². The predicted octanol–water partition coefficient (Wildman–Crippen LogP) is 2.00. The fourth-order valence-electron chi connectivity index (χ4n) is 2.83. The molecule has 1 nitrogen and oxygen atoms in total. The van der Waals surface area contributed by atoms with Crippen LogP contribution in [0.2, 0.25) is 0 Å². The first-order valence-electron chi connectivity index (χ1n) is 8.07. The minimum atomic E-state index is 0. The zero-order chi connectivity index (χ0) is 15.9. The van der Waals surface area contributed by atoms with Crippen molar-refractivity contribution in [2.45, 2.75) is 26.6 Å². The number of hydrogen-bond donors (Lipinski definition) is 0. The molecule has 0 saturated carbocycles. The van der Waals surface area contributed by atoms with Crippen molar-refractivity contribution in [3.8, 4) is 0 Å². The molecule has 3 aromatic carbocycles. The van der Waals surface area contributed by atoms with Gasteiger partial charge in [-0.05, 0) is 11.1 Å². The van der Waals surface area contributed by atoms with E-state index in [-0.39, 0.29) is 18.9 Å². The molecule has 0 aromatic heterocycles. The number of nitrogens with zero attached hydrogens (tertiary/aromatic N) is 1. The summed E-state index contributed by atoms with van der Waals surface area (Å²) in [6, 6.07) is 31.2. The molecule has 0 aliphatic carbocycles. The van der Waals surface area contributed by atoms with E-state index in [9.17, 15) is 0 Å². The number of aryl methyl sites for hydroxylation is 1. The average molecular weight is 307 g/mol. The van der Waals surface area contributed by atoms with Crippen LogP contribution in [-0.2, 0) is 19.6 Å². The molecule has 0 atom stereocenters. The van der Waals surface area contributed by atoms with Gasteiger partial charge < -0.3 is 0 Å². The molecule has 116 valence electrons. The predicted molar refractivity (Wildman–Crippen MR) is 95.9 cm³/mol. The van der Waals surface area contributed by atoms with E-state index in [4.69, 9.17) is 0 Å². The molecule has 3 rings (SSSR count). The van der Waals surface area contributed by atoms with Gasteiger partial charge in [0.15, 0.2) is 0 Å². The van der Waals surface area contributed by atoms with E-state index in [0.29, 0.717) is 0 Å². The minimum Gasteiger partial charge on any atom is -0.293 e. The normalized spacial score (nSPS) is 10.4. The molecule has 0 bridgehead atoms. The van der Waals surface area contributed by atoms with E-state index in [0.717, 1.165) is 19.6 Å². The Kier molecular flexibility index (Phi) is 7.34. The molecule has 0 saturated heterocycles. The van der Waals surface area contributed by atoms with Crippen LogP contribution < -0.4 is 18.9 Å². The summed E-state index contributed by atoms with van der Waals surface area (Å²) < 4.78 is 0. The molecule has 3 aromatic rings. The van der Waals surface area contributed by atoms with Gasteiger partial charge in [0.2, 0.25) is 0 Å². The Morgan fingerprint density at radius 3 is 1.71 bits per heavy atom. The van der Waals surface area contributed by atoms with Crippen LogP contribution in [0.25, 0.3) is 0 Å². The second kappa shape index (κ2) is 9.50. The van der Waals surface area contributed by atoms with E-state index in [1.807, 2.05) is 0 Å². The van der Waals surface area contributed by atoms with Gasteiger partial charge in [-0.2, -0.15) is 29.8 Å². The summed E-state index contributed by atoms with van der Waals surface area (Å²) in [7, 11) is 0. The molecule has 2 heteroatoms. The van der Waals surface area contributed by atoms with Gasteiger partial charge in [0.05, 0.1) is 0 Å². The number of rotatable bonds is 6. The van der Waals surface area contributed by atoms with Crippen LogP contribution in [0.1, 0.15) is 22.3 Å². The summed E-state index contributed by atoms with van der Waals surface area (Å²) in [5, 5.41) is 0. The van der Waals surface area contributed by atoms with E-state index in [1.54, 1.807) is 0 Å². The van der Waals surface area contributed by atoms with Crippen molar-refractivity contribution in [3.05, 3.63) is 107 Å². The summed E-state index contributed by atoms with van der Waals surface area (Å²) in [6.07, 6.45) is 0. The molecule has 0 N–H and O–H groups in total. The Bertz CT molecular complexity index is 684. The van der Waals surface area contributed by atoms with Gasteiger partial charge in [-0.3, -0.25) is 4.90 Å². The SMILES string of the molecule is Cc1[c-]c(CN(Cc2ccccc2)Cc2ccccc2)ccc1.[Li+]. The summed E-state index contributed by atoms with van der Waals surface area (Å²) in [5.74, 6) is 0. The smallest absolute Gasteiger partial charge is 0.293 e. The third-order valence-corrected chi connectivity index (χ3v) is 3.89. The van der Waals surface area contributed by atoms with Crippen molar-refractivity contribution in [1.82, 2.24) is 4.90 Å². The first kappa shape index (κ1) is 18.6. The Labute approximate surface area is 157 Å². The molecule has 24 heavy (non-hydrogen) atoms. The Hall–Kier alpha value is -1.78. The molecular formula is C22H22LiN. The van der Waals surface area contributed by atoms with Crippen molar-refractivity contribution in [1.29, 1.82) is 0 Å². The van der Waals surface area contributed by atoms with Crippen LogP contribution >= 0.6 is 0 Å². The van der Waals surface area contributed by atoms with Gasteiger partial charge in [-0.25, -0.2) is 0 Å². The fourth-order valence-corrected chi connectivity index (χ4v) is 2.83. The van der Waals surface area contributed by atoms with Crippen LogP contribution in [0.15, 0.2) is 78.9 Å². The van der Waals surface area contributed by atoms with Crippen LogP contribution in [0.5, 0.6) is 0 Å². The molecule has 0 aliphatic rings. The molecule has 0 radical (unpaired) electrons. The molecule has 0 aliphatic heterocycles. The second-order valence-corrected chi connectivity index (χ2v) is 5.98. The first-order chi connectivity index (χ1) is 11.3. The van der Waals surface area contributed by atoms with Crippen LogP contribution in [0.3, 0.4) is 0 Å². The van der Waals surface area contributed by atoms with E-state index >= 15 is 0 Å². The van der Waals surface area contributed by atoms with Crippen LogP contribution in [0, 0.1) is 13.0 Å². The van der Waals surface area contributed by atoms with Crippen molar-refractivity contribution in [2.24, 2.45) is 0 Å². The monoisotopic (exact) mass is 307 g/mol. The fraction of sp³-hybridized carbons (Fsp3) is 0.182. The zero-order valence-electron chi connectivity index (χ0n) is 14.6. The molecule has 0 amide bonds. The maximum Gasteiger partial charge on any atom is 1.00 e. The largest absolute Gasteiger partial charge is 1.00 e. The number of benzene rings is 3. The average Bonchev–Trinajstić information content (AvgIpc) is 2.57. The molecular weight excluding hydrogens is 285 g/mol. The Balaban J connectivity index is 0.00000208. The molecule has 0 fully saturated rings. The third-order valence-electron chi connectivity index (χ3n) is 3.89. The maximum atomic E-state index is 3.47. The summed E-state index contributed by atoms with van der Waals surface area (Å²) in [5.41, 5.74) is 5.13. The Morgan fingerprint density at radius 1 is 0.667 bits per heavy atom. The van der Waals surface area contributed by atoms with Crippen LogP contribution in [-0.4, -0.2) is 4.90 Å². The maximum absolute atomic E-state index is 3.47. The first-order valence-corrected chi connectivity index (χ1v) is 8.07. The van der Waals surface area contributed by atoms with E-state index < -0.39 is 0 Å². The van der Waals surface area contributed by atoms with Gasteiger partial charge in [0, 0.05) is 19.6 Å². The zero-order valence-corrected chi connectivity index (χ0v) is 14.6. The van der Waals surface area contributed by atoms with E-state index in [1.165, 1.54) is 22.3 Å². The summed E-state index contributed by atoms with van der Waals surface area (Å²) in [4.78, 5) is 2.47. The van der Waals surface area contributed by atoms with E-state index in [2.05, 4.69) is 96.8 Å². The van der Waals surface area contributed by atoms with Gasteiger partial charge in [-0.1, -0.05) is 67.6 Å². The summed E-state index contributed by atoms with van der Waals surface area (Å²) in [6.45, 7) is 4.89. The van der Waals surface area contributed by atoms with Gasteiger partial charge >= 0.3 is 18.9 Å². The molecule has 0 unspecified atom stereocenters. The van der Waals surface area contributed by atoms with Crippen molar-refractivity contribution in [2.75, 3.05) is 0 Å². The second-order valence-electron chi connectivity index (χ2n) is 5.98. The van der Waals surface area contributed by atoms with Crippen molar-refractivity contribution < 1.29 is 18.9 Å². The minimum absolute atomic E-state index is 0. The van der Waals surface area contributed by atoms with Crippen molar-refractivity contribution in [3.63, 3.8) is 0 Å². The summed E-state index contributed by atoms with van der Waals surface area (Å²) >= 11 is 0. The van der Waals surface area contributed by atoms with Gasteiger partial charge in [-0.15, -0.1) is 5.56 Å². The van der Waals surface area contributed by atoms with Gasteiger partial charge in [0.25, 0.3) is 0 Å². The molecule has 0 heterocycles. The standard InChI is InChI=1S/C22H22N.Li/c1-19-9-8-14-22(15-19)18-23(16-20-10-4-2-5-11-20)17-21-12-6-3-7-13-21;/h2-14H,16-18H2,1H3;/q-1;+1. The van der Waals surface area contributed by atoms with Crippen LogP contribution in [0.4, 0.5) is 0 Å². The Morgan fingerprint density at radius 2 is 1.21 bits per heavy atom. The number of hydrogen-bond acceptors (Lipinski definition) is 1. The van der Waals surface area contributed by atoms with Crippen molar-refractivity contribution >= 4 is 0 Å². The third kappa shape index (κ3) is 5.69. The van der Waals surface area contributed by atoms with Gasteiger partial charge in [0.1, 0.15) is 0 Å². The quantitative estimate of drug-likeness (QED) is 0.497.